The lowest BCUT2D eigenvalue weighted by molar-refractivity contribution is 0.391. The van der Waals surface area contributed by atoms with Crippen LogP contribution in [0, 0.1) is 0 Å². The van der Waals surface area contributed by atoms with E-state index in [4.69, 9.17) is 26.1 Å². The van der Waals surface area contributed by atoms with Gasteiger partial charge in [-0.05, 0) is 36.6 Å². The highest BCUT2D eigenvalue weighted by Gasteiger charge is 2.24. The van der Waals surface area contributed by atoms with Crippen LogP contribution in [0.4, 0.5) is 5.95 Å². The molecule has 0 atom stereocenters. The van der Waals surface area contributed by atoms with Crippen molar-refractivity contribution < 1.29 is 9.47 Å². The van der Waals surface area contributed by atoms with Crippen molar-refractivity contribution in [2.24, 2.45) is 0 Å². The zero-order chi connectivity index (χ0) is 18.8. The van der Waals surface area contributed by atoms with Crippen molar-refractivity contribution in [3.8, 4) is 11.5 Å². The van der Waals surface area contributed by atoms with Crippen LogP contribution in [0.3, 0.4) is 0 Å². The van der Waals surface area contributed by atoms with Gasteiger partial charge in [-0.2, -0.15) is 4.98 Å². The van der Waals surface area contributed by atoms with Gasteiger partial charge in [-0.25, -0.2) is 9.97 Å². The first kappa shape index (κ1) is 17.9. The molecule has 8 heteroatoms. The Bertz CT molecular complexity index is 953. The summed E-state index contributed by atoms with van der Waals surface area (Å²) in [7, 11) is 3.30. The lowest BCUT2D eigenvalue weighted by Crippen LogP contribution is -2.12. The van der Waals surface area contributed by atoms with Crippen LogP contribution >= 0.6 is 11.6 Å². The molecule has 0 spiro atoms. The van der Waals surface area contributed by atoms with Gasteiger partial charge in [-0.3, -0.25) is 4.57 Å². The van der Waals surface area contributed by atoms with Crippen LogP contribution in [0.15, 0.2) is 24.4 Å². The molecule has 0 amide bonds. The normalized spacial score (nSPS) is 14.6. The number of ether oxygens (including phenoxy) is 2. The monoisotopic (exact) mass is 387 g/mol. The second-order valence-corrected chi connectivity index (χ2v) is 6.96. The Labute approximate surface area is 162 Å². The summed E-state index contributed by atoms with van der Waals surface area (Å²) in [5, 5.41) is 3.69. The number of hydrogen-bond donors (Lipinski definition) is 1. The fraction of sp³-hybridized carbons (Fsp3) is 0.421. The first-order chi connectivity index (χ1) is 13.2. The van der Waals surface area contributed by atoms with E-state index >= 15 is 0 Å². The maximum absolute atomic E-state index is 6.04. The Morgan fingerprint density at radius 3 is 2.74 bits per heavy atom. The molecule has 1 fully saturated rings. The number of benzene rings is 1. The van der Waals surface area contributed by atoms with E-state index in [1.54, 1.807) is 20.4 Å². The van der Waals surface area contributed by atoms with Crippen molar-refractivity contribution in [1.29, 1.82) is 0 Å². The average Bonchev–Trinajstić information content (AvgIpc) is 3.33. The van der Waals surface area contributed by atoms with Crippen LogP contribution in [0.25, 0.3) is 11.2 Å². The Kier molecular flexibility index (Phi) is 5.03. The summed E-state index contributed by atoms with van der Waals surface area (Å²) in [5.41, 5.74) is 2.55. The highest BCUT2D eigenvalue weighted by molar-refractivity contribution is 6.28. The van der Waals surface area contributed by atoms with Gasteiger partial charge in [0.05, 0.1) is 20.4 Å². The van der Waals surface area contributed by atoms with E-state index < -0.39 is 0 Å². The largest absolute Gasteiger partial charge is 0.497 e. The number of fused-ring (bicyclic) bond motifs is 1. The number of nitrogens with one attached hydrogen (secondary N) is 1. The molecule has 0 unspecified atom stereocenters. The van der Waals surface area contributed by atoms with Gasteiger partial charge in [0.2, 0.25) is 11.2 Å². The van der Waals surface area contributed by atoms with Gasteiger partial charge in [0.25, 0.3) is 0 Å². The van der Waals surface area contributed by atoms with E-state index in [0.717, 1.165) is 47.0 Å². The zero-order valence-electron chi connectivity index (χ0n) is 15.4. The van der Waals surface area contributed by atoms with Crippen LogP contribution in [-0.2, 0) is 6.54 Å². The van der Waals surface area contributed by atoms with Crippen LogP contribution in [0.2, 0.25) is 5.28 Å². The third-order valence-electron chi connectivity index (χ3n) is 5.02. The topological polar surface area (TPSA) is 74.1 Å². The number of methoxy groups -OCH3 is 2. The van der Waals surface area contributed by atoms with E-state index in [1.807, 2.05) is 18.2 Å². The second kappa shape index (κ2) is 7.60. The Morgan fingerprint density at radius 1 is 1.19 bits per heavy atom. The SMILES string of the molecule is COc1ccc(CNc2nc3cnc(Cl)nc3n2C2CCCC2)c(OC)c1. The molecule has 0 aliphatic heterocycles. The summed E-state index contributed by atoms with van der Waals surface area (Å²) in [5.74, 6) is 2.32. The summed E-state index contributed by atoms with van der Waals surface area (Å²) in [6.07, 6.45) is 6.35. The molecule has 7 nitrogen and oxygen atoms in total. The average molecular weight is 388 g/mol. The van der Waals surface area contributed by atoms with Crippen LogP contribution < -0.4 is 14.8 Å². The maximum Gasteiger partial charge on any atom is 0.224 e. The Balaban J connectivity index is 1.66. The predicted molar refractivity (Wildman–Crippen MR) is 105 cm³/mol. The molecule has 142 valence electrons. The molecule has 2 heterocycles. The lowest BCUT2D eigenvalue weighted by Gasteiger charge is -2.17. The number of nitrogens with zero attached hydrogens (tertiary/aromatic N) is 4. The molecule has 0 radical (unpaired) electrons. The second-order valence-electron chi connectivity index (χ2n) is 6.62. The summed E-state index contributed by atoms with van der Waals surface area (Å²) in [4.78, 5) is 13.2. The van der Waals surface area contributed by atoms with Crippen molar-refractivity contribution >= 4 is 28.7 Å². The minimum Gasteiger partial charge on any atom is -0.497 e. The number of halogens is 1. The number of aromatic nitrogens is 4. The molecule has 1 aliphatic rings. The minimum atomic E-state index is 0.241. The summed E-state index contributed by atoms with van der Waals surface area (Å²) >= 11 is 6.04. The molecule has 0 saturated heterocycles. The number of rotatable bonds is 6. The van der Waals surface area contributed by atoms with Crippen molar-refractivity contribution in [2.45, 2.75) is 38.3 Å². The van der Waals surface area contributed by atoms with Crippen molar-refractivity contribution in [3.05, 3.63) is 35.2 Å². The van der Waals surface area contributed by atoms with E-state index in [-0.39, 0.29) is 5.28 Å². The fourth-order valence-corrected chi connectivity index (χ4v) is 3.80. The van der Waals surface area contributed by atoms with Gasteiger partial charge >= 0.3 is 0 Å². The van der Waals surface area contributed by atoms with E-state index in [9.17, 15) is 0 Å². The number of hydrogen-bond acceptors (Lipinski definition) is 6. The van der Waals surface area contributed by atoms with Crippen molar-refractivity contribution in [2.75, 3.05) is 19.5 Å². The van der Waals surface area contributed by atoms with Crippen molar-refractivity contribution in [1.82, 2.24) is 19.5 Å². The van der Waals surface area contributed by atoms with Crippen LogP contribution in [0.1, 0.15) is 37.3 Å². The highest BCUT2D eigenvalue weighted by atomic mass is 35.5. The fourth-order valence-electron chi connectivity index (χ4n) is 3.68. The lowest BCUT2D eigenvalue weighted by atomic mass is 10.2. The van der Waals surface area contributed by atoms with Gasteiger partial charge in [-0.1, -0.05) is 12.8 Å². The summed E-state index contributed by atoms with van der Waals surface area (Å²) in [6.45, 7) is 0.574. The van der Waals surface area contributed by atoms with E-state index in [2.05, 4.69) is 19.9 Å². The van der Waals surface area contributed by atoms with Gasteiger partial charge in [0.15, 0.2) is 5.65 Å². The Morgan fingerprint density at radius 2 is 2.00 bits per heavy atom. The van der Waals surface area contributed by atoms with E-state index in [0.29, 0.717) is 12.6 Å². The molecule has 1 aromatic carbocycles. The van der Waals surface area contributed by atoms with Gasteiger partial charge in [0, 0.05) is 24.2 Å². The minimum absolute atomic E-state index is 0.241. The molecular formula is C19H22ClN5O2. The third-order valence-corrected chi connectivity index (χ3v) is 5.21. The quantitative estimate of drug-likeness (QED) is 0.638. The molecular weight excluding hydrogens is 366 g/mol. The molecule has 1 saturated carbocycles. The van der Waals surface area contributed by atoms with Gasteiger partial charge in [-0.15, -0.1) is 0 Å². The molecule has 1 N–H and O–H groups in total. The highest BCUT2D eigenvalue weighted by Crippen LogP contribution is 2.35. The number of anilines is 1. The third kappa shape index (κ3) is 3.51. The zero-order valence-corrected chi connectivity index (χ0v) is 16.2. The van der Waals surface area contributed by atoms with Gasteiger partial charge < -0.3 is 14.8 Å². The molecule has 3 aromatic rings. The maximum atomic E-state index is 6.04. The molecule has 27 heavy (non-hydrogen) atoms. The number of imidazole rings is 1. The Hall–Kier alpha value is -2.54. The molecule has 0 bridgehead atoms. The summed E-state index contributed by atoms with van der Waals surface area (Å²) < 4.78 is 12.9. The van der Waals surface area contributed by atoms with Crippen LogP contribution in [-0.4, -0.2) is 33.7 Å². The predicted octanol–water partition coefficient (Wildman–Crippen LogP) is 4.22. The smallest absolute Gasteiger partial charge is 0.224 e. The van der Waals surface area contributed by atoms with Crippen LogP contribution in [0.5, 0.6) is 11.5 Å². The first-order valence-electron chi connectivity index (χ1n) is 9.05. The molecule has 4 rings (SSSR count). The standard InChI is InChI=1S/C19H22ClN5O2/c1-26-14-8-7-12(16(9-14)27-2)10-22-19-23-15-11-21-18(20)24-17(15)25(19)13-5-3-4-6-13/h7-9,11,13H,3-6,10H2,1-2H3,(H,22,23). The first-order valence-corrected chi connectivity index (χ1v) is 9.42. The summed E-state index contributed by atoms with van der Waals surface area (Å²) in [6, 6.07) is 6.16. The molecule has 2 aromatic heterocycles. The van der Waals surface area contributed by atoms with Crippen molar-refractivity contribution in [3.63, 3.8) is 0 Å². The van der Waals surface area contributed by atoms with Gasteiger partial charge in [0.1, 0.15) is 17.0 Å². The van der Waals surface area contributed by atoms with E-state index in [1.165, 1.54) is 12.8 Å². The molecule has 1 aliphatic carbocycles.